The normalized spacial score (nSPS) is 26.0. The highest BCUT2D eigenvalue weighted by atomic mass is 35.5. The van der Waals surface area contributed by atoms with Crippen LogP contribution in [0.25, 0.3) is 0 Å². The van der Waals surface area contributed by atoms with Crippen LogP contribution >= 0.6 is 24.0 Å². The molecule has 7 heteroatoms. The van der Waals surface area contributed by atoms with Crippen molar-refractivity contribution in [3.63, 3.8) is 0 Å². The number of nitrogens with one attached hydrogen (secondary N) is 2. The van der Waals surface area contributed by atoms with Crippen LogP contribution in [0.3, 0.4) is 0 Å². The van der Waals surface area contributed by atoms with Crippen molar-refractivity contribution in [1.29, 1.82) is 0 Å². The van der Waals surface area contributed by atoms with Crippen LogP contribution in [0, 0.1) is 11.8 Å². The Morgan fingerprint density at radius 1 is 1.38 bits per heavy atom. The Morgan fingerprint density at radius 2 is 2.08 bits per heavy atom. The predicted molar refractivity (Wildman–Crippen MR) is 99.0 cm³/mol. The minimum Gasteiger partial charge on any atom is -0.342 e. The molecule has 24 heavy (non-hydrogen) atoms. The molecule has 0 aromatic heterocycles. The summed E-state index contributed by atoms with van der Waals surface area (Å²) in [7, 11) is 0. The number of hydrogen-bond donors (Lipinski definition) is 3. The van der Waals surface area contributed by atoms with E-state index in [9.17, 15) is 4.79 Å². The molecular weight excluding hydrogens is 347 g/mol. The summed E-state index contributed by atoms with van der Waals surface area (Å²) in [6, 6.07) is 7.89. The molecule has 2 saturated heterocycles. The second-order valence-corrected chi connectivity index (χ2v) is 7.12. The molecule has 0 saturated carbocycles. The monoisotopic (exact) mass is 372 g/mol. The molecule has 2 heterocycles. The number of nitrogens with two attached hydrogens (primary N) is 1. The first-order valence-corrected chi connectivity index (χ1v) is 8.72. The molecule has 0 spiro atoms. The van der Waals surface area contributed by atoms with Gasteiger partial charge in [0.1, 0.15) is 0 Å². The van der Waals surface area contributed by atoms with Crippen LogP contribution in [0.15, 0.2) is 24.3 Å². The van der Waals surface area contributed by atoms with Gasteiger partial charge in [0.2, 0.25) is 5.91 Å². The van der Waals surface area contributed by atoms with Crippen molar-refractivity contribution in [2.45, 2.75) is 31.8 Å². The van der Waals surface area contributed by atoms with Crippen molar-refractivity contribution in [3.8, 4) is 0 Å². The maximum absolute atomic E-state index is 12.9. The van der Waals surface area contributed by atoms with Gasteiger partial charge >= 0.3 is 0 Å². The van der Waals surface area contributed by atoms with Crippen molar-refractivity contribution in [3.05, 3.63) is 34.9 Å². The van der Waals surface area contributed by atoms with Crippen molar-refractivity contribution >= 4 is 29.9 Å². The van der Waals surface area contributed by atoms with Crippen molar-refractivity contribution in [1.82, 2.24) is 15.8 Å². The fourth-order valence-electron chi connectivity index (χ4n) is 3.62. The molecule has 1 aromatic carbocycles. The number of carbonyl (C=O) groups is 1. The average molecular weight is 373 g/mol. The third-order valence-electron chi connectivity index (χ3n) is 5.10. The quantitative estimate of drug-likeness (QED) is 0.759. The molecule has 2 aliphatic heterocycles. The van der Waals surface area contributed by atoms with E-state index in [1.54, 1.807) is 0 Å². The number of halogens is 2. The number of rotatable bonds is 3. The average Bonchev–Trinajstić information content (AvgIpc) is 3.04. The SMILES string of the molecule is CC(N)C1CCN(C(=O)C2CNNC2c2cccc(Cl)c2)CC1.Cl. The molecule has 5 nitrogen and oxygen atoms in total. The van der Waals surface area contributed by atoms with Gasteiger partial charge in [-0.3, -0.25) is 10.2 Å². The standard InChI is InChI=1S/C17H25ClN4O.ClH/c1-11(19)12-5-7-22(8-6-12)17(23)15-10-20-21-16(15)13-3-2-4-14(18)9-13;/h2-4,9,11-12,15-16,20-21H,5-8,10,19H2,1H3;1H. The van der Waals surface area contributed by atoms with Gasteiger partial charge in [-0.15, -0.1) is 12.4 Å². The Labute approximate surface area is 154 Å². The van der Waals surface area contributed by atoms with Gasteiger partial charge in [0.05, 0.1) is 12.0 Å². The van der Waals surface area contributed by atoms with Gasteiger partial charge in [0.25, 0.3) is 0 Å². The molecular formula is C17H26Cl2N4O. The van der Waals surface area contributed by atoms with E-state index in [0.717, 1.165) is 31.5 Å². The first-order valence-electron chi connectivity index (χ1n) is 8.34. The van der Waals surface area contributed by atoms with Crippen LogP contribution in [0.4, 0.5) is 0 Å². The molecule has 0 aliphatic carbocycles. The van der Waals surface area contributed by atoms with Crippen LogP contribution in [-0.4, -0.2) is 36.5 Å². The second-order valence-electron chi connectivity index (χ2n) is 6.69. The van der Waals surface area contributed by atoms with Crippen LogP contribution in [-0.2, 0) is 4.79 Å². The lowest BCUT2D eigenvalue weighted by atomic mass is 9.89. The summed E-state index contributed by atoms with van der Waals surface area (Å²) < 4.78 is 0. The summed E-state index contributed by atoms with van der Waals surface area (Å²) in [5.74, 6) is 0.651. The molecule has 3 atom stereocenters. The number of likely N-dealkylation sites (tertiary alicyclic amines) is 1. The molecule has 3 unspecified atom stereocenters. The summed E-state index contributed by atoms with van der Waals surface area (Å²) in [4.78, 5) is 14.9. The van der Waals surface area contributed by atoms with Crippen LogP contribution in [0.1, 0.15) is 31.4 Å². The van der Waals surface area contributed by atoms with E-state index in [1.807, 2.05) is 29.2 Å². The van der Waals surface area contributed by atoms with E-state index < -0.39 is 0 Å². The maximum Gasteiger partial charge on any atom is 0.229 e. The zero-order valence-corrected chi connectivity index (χ0v) is 15.4. The molecule has 0 bridgehead atoms. The summed E-state index contributed by atoms with van der Waals surface area (Å²) in [5, 5.41) is 0.695. The topological polar surface area (TPSA) is 70.4 Å². The molecule has 2 aliphatic rings. The van der Waals surface area contributed by atoms with Crippen LogP contribution in [0.5, 0.6) is 0 Å². The maximum atomic E-state index is 12.9. The number of carbonyl (C=O) groups excluding carboxylic acids is 1. The van der Waals surface area contributed by atoms with Crippen LogP contribution in [0.2, 0.25) is 5.02 Å². The van der Waals surface area contributed by atoms with Crippen molar-refractivity contribution in [2.75, 3.05) is 19.6 Å². The first kappa shape index (κ1) is 19.5. The van der Waals surface area contributed by atoms with Crippen molar-refractivity contribution in [2.24, 2.45) is 17.6 Å². The van der Waals surface area contributed by atoms with E-state index in [2.05, 4.69) is 17.8 Å². The minimum atomic E-state index is -0.0969. The van der Waals surface area contributed by atoms with Gasteiger partial charge in [0.15, 0.2) is 0 Å². The number of nitrogens with zero attached hydrogens (tertiary/aromatic N) is 1. The third-order valence-corrected chi connectivity index (χ3v) is 5.34. The van der Waals surface area contributed by atoms with E-state index in [1.165, 1.54) is 0 Å². The van der Waals surface area contributed by atoms with Gasteiger partial charge in [0, 0.05) is 30.7 Å². The molecule has 134 valence electrons. The molecule has 3 rings (SSSR count). The number of amides is 1. The second kappa shape index (κ2) is 8.50. The molecule has 1 aromatic rings. The Hall–Kier alpha value is -0.850. The fourth-order valence-corrected chi connectivity index (χ4v) is 3.82. The highest BCUT2D eigenvalue weighted by Crippen LogP contribution is 2.30. The minimum absolute atomic E-state index is 0. The fraction of sp³-hybridized carbons (Fsp3) is 0.588. The Bertz CT molecular complexity index is 561. The van der Waals surface area contributed by atoms with E-state index in [0.29, 0.717) is 17.5 Å². The zero-order valence-electron chi connectivity index (χ0n) is 13.9. The summed E-state index contributed by atoms with van der Waals surface area (Å²) in [6.07, 6.45) is 2.00. The Kier molecular flexibility index (Phi) is 6.89. The summed E-state index contributed by atoms with van der Waals surface area (Å²) in [5.41, 5.74) is 13.4. The number of hydrazine groups is 1. The number of benzene rings is 1. The van der Waals surface area contributed by atoms with E-state index in [4.69, 9.17) is 17.3 Å². The van der Waals surface area contributed by atoms with Gasteiger partial charge in [-0.2, -0.15) is 0 Å². The first-order chi connectivity index (χ1) is 11.1. The molecule has 0 radical (unpaired) electrons. The van der Waals surface area contributed by atoms with E-state index in [-0.39, 0.29) is 36.3 Å². The lowest BCUT2D eigenvalue weighted by Gasteiger charge is -2.35. The third kappa shape index (κ3) is 4.21. The zero-order chi connectivity index (χ0) is 16.4. The Balaban J connectivity index is 0.00000208. The van der Waals surface area contributed by atoms with Gasteiger partial charge in [-0.05, 0) is 43.4 Å². The highest BCUT2D eigenvalue weighted by molar-refractivity contribution is 6.30. The van der Waals surface area contributed by atoms with Gasteiger partial charge < -0.3 is 10.6 Å². The van der Waals surface area contributed by atoms with Gasteiger partial charge in [-0.1, -0.05) is 23.7 Å². The van der Waals surface area contributed by atoms with Crippen LogP contribution < -0.4 is 16.6 Å². The van der Waals surface area contributed by atoms with Gasteiger partial charge in [-0.25, -0.2) is 5.43 Å². The lowest BCUT2D eigenvalue weighted by molar-refractivity contribution is -0.137. The lowest BCUT2D eigenvalue weighted by Crippen LogP contribution is -2.46. The van der Waals surface area contributed by atoms with E-state index >= 15 is 0 Å². The largest absolute Gasteiger partial charge is 0.342 e. The Morgan fingerprint density at radius 3 is 2.71 bits per heavy atom. The molecule has 2 fully saturated rings. The number of piperidine rings is 1. The summed E-state index contributed by atoms with van der Waals surface area (Å²) in [6.45, 7) is 4.32. The molecule has 1 amide bonds. The van der Waals surface area contributed by atoms with Crippen molar-refractivity contribution < 1.29 is 4.79 Å². The smallest absolute Gasteiger partial charge is 0.229 e. The number of hydrogen-bond acceptors (Lipinski definition) is 4. The highest BCUT2D eigenvalue weighted by Gasteiger charge is 2.37. The summed E-state index contributed by atoms with van der Waals surface area (Å²) >= 11 is 6.09. The predicted octanol–water partition coefficient (Wildman–Crippen LogP) is 2.11. The molecule has 4 N–H and O–H groups in total.